The van der Waals surface area contributed by atoms with Gasteiger partial charge in [0, 0.05) is 36.9 Å². The number of anilines is 1. The Balaban J connectivity index is 1.65. The van der Waals surface area contributed by atoms with Crippen LogP contribution < -0.4 is 5.32 Å². The highest BCUT2D eigenvalue weighted by atomic mass is 16.5. The number of morpholine rings is 1. The fraction of sp³-hybridized carbons (Fsp3) is 0.778. The van der Waals surface area contributed by atoms with E-state index in [0.717, 1.165) is 50.6 Å². The fourth-order valence-electron chi connectivity index (χ4n) is 3.67. The summed E-state index contributed by atoms with van der Waals surface area (Å²) in [5, 5.41) is 3.69. The zero-order chi connectivity index (χ0) is 16.4. The molecular formula is C18H30N4O. The molecule has 1 aromatic rings. The SMILES string of the molecule is CCCc1cnc(C)nc1N[C@H]1C[C@H]2CO[C@H](C(C)C)CN2C1. The molecule has 0 spiro atoms. The summed E-state index contributed by atoms with van der Waals surface area (Å²) < 4.78 is 6.04. The minimum absolute atomic E-state index is 0.377. The van der Waals surface area contributed by atoms with Crippen LogP contribution in [0.3, 0.4) is 0 Å². The van der Waals surface area contributed by atoms with Crippen LogP contribution in [0, 0.1) is 12.8 Å². The average Bonchev–Trinajstić information content (AvgIpc) is 2.91. The standard InChI is InChI=1S/C18H30N4O/c1-5-6-14-8-19-13(4)20-18(14)21-15-7-16-11-23-17(12(2)3)10-22(16)9-15/h8,12,15-17H,5-7,9-11H2,1-4H3,(H,19,20,21)/t15-,16-,17-/m0/s1. The lowest BCUT2D eigenvalue weighted by Gasteiger charge is -2.36. The largest absolute Gasteiger partial charge is 0.375 e. The molecular weight excluding hydrogens is 288 g/mol. The summed E-state index contributed by atoms with van der Waals surface area (Å²) in [6, 6.07) is 1.01. The molecule has 3 atom stereocenters. The van der Waals surface area contributed by atoms with Gasteiger partial charge in [0.05, 0.1) is 12.7 Å². The third-order valence-corrected chi connectivity index (χ3v) is 5.03. The molecule has 3 rings (SSSR count). The minimum atomic E-state index is 0.377. The topological polar surface area (TPSA) is 50.3 Å². The van der Waals surface area contributed by atoms with Crippen LogP contribution in [-0.4, -0.2) is 52.8 Å². The van der Waals surface area contributed by atoms with Crippen LogP contribution in [0.4, 0.5) is 5.82 Å². The molecule has 2 fully saturated rings. The Morgan fingerprint density at radius 2 is 2.22 bits per heavy atom. The van der Waals surface area contributed by atoms with Crippen molar-refractivity contribution in [3.05, 3.63) is 17.6 Å². The van der Waals surface area contributed by atoms with Gasteiger partial charge in [-0.25, -0.2) is 9.97 Å². The van der Waals surface area contributed by atoms with Gasteiger partial charge in [-0.1, -0.05) is 27.2 Å². The highest BCUT2D eigenvalue weighted by Gasteiger charge is 2.38. The van der Waals surface area contributed by atoms with Gasteiger partial charge in [-0.15, -0.1) is 0 Å². The van der Waals surface area contributed by atoms with Crippen LogP contribution in [0.1, 0.15) is 45.0 Å². The maximum atomic E-state index is 6.04. The Morgan fingerprint density at radius 3 is 2.96 bits per heavy atom. The Labute approximate surface area is 139 Å². The van der Waals surface area contributed by atoms with Gasteiger partial charge in [-0.05, 0) is 25.7 Å². The molecule has 1 aromatic heterocycles. The zero-order valence-electron chi connectivity index (χ0n) is 14.9. The van der Waals surface area contributed by atoms with Crippen molar-refractivity contribution in [2.75, 3.05) is 25.0 Å². The van der Waals surface area contributed by atoms with Gasteiger partial charge >= 0.3 is 0 Å². The van der Waals surface area contributed by atoms with Crippen molar-refractivity contribution in [1.29, 1.82) is 0 Å². The predicted molar refractivity (Wildman–Crippen MR) is 92.7 cm³/mol. The lowest BCUT2D eigenvalue weighted by atomic mass is 10.0. The summed E-state index contributed by atoms with van der Waals surface area (Å²) in [6.45, 7) is 11.7. The Bertz CT molecular complexity index is 534. The third-order valence-electron chi connectivity index (χ3n) is 5.03. The van der Waals surface area contributed by atoms with Crippen molar-refractivity contribution in [2.24, 2.45) is 5.92 Å². The molecule has 1 N–H and O–H groups in total. The number of hydrogen-bond acceptors (Lipinski definition) is 5. The molecule has 23 heavy (non-hydrogen) atoms. The van der Waals surface area contributed by atoms with Crippen molar-refractivity contribution in [3.8, 4) is 0 Å². The van der Waals surface area contributed by atoms with Gasteiger partial charge in [0.1, 0.15) is 11.6 Å². The number of rotatable bonds is 5. The van der Waals surface area contributed by atoms with E-state index < -0.39 is 0 Å². The molecule has 0 aliphatic carbocycles. The van der Waals surface area contributed by atoms with Gasteiger partial charge in [0.2, 0.25) is 0 Å². The smallest absolute Gasteiger partial charge is 0.133 e. The molecule has 5 nitrogen and oxygen atoms in total. The first kappa shape index (κ1) is 16.7. The molecule has 2 aliphatic rings. The molecule has 0 amide bonds. The van der Waals surface area contributed by atoms with Crippen molar-refractivity contribution in [3.63, 3.8) is 0 Å². The highest BCUT2D eigenvalue weighted by molar-refractivity contribution is 5.44. The van der Waals surface area contributed by atoms with E-state index in [0.29, 0.717) is 24.1 Å². The number of aromatic nitrogens is 2. The molecule has 0 saturated carbocycles. The monoisotopic (exact) mass is 318 g/mol. The second-order valence-corrected chi connectivity index (χ2v) is 7.34. The molecule has 0 bridgehead atoms. The lowest BCUT2D eigenvalue weighted by Crippen LogP contribution is -2.48. The normalized spacial score (nSPS) is 28.1. The Kier molecular flexibility index (Phi) is 5.17. The molecule has 2 aliphatic heterocycles. The second kappa shape index (κ2) is 7.14. The van der Waals surface area contributed by atoms with Crippen molar-refractivity contribution >= 4 is 5.82 Å². The van der Waals surface area contributed by atoms with E-state index >= 15 is 0 Å². The van der Waals surface area contributed by atoms with E-state index in [2.05, 4.69) is 41.0 Å². The van der Waals surface area contributed by atoms with Crippen LogP contribution in [0.25, 0.3) is 0 Å². The summed E-state index contributed by atoms with van der Waals surface area (Å²) in [5.41, 5.74) is 1.24. The van der Waals surface area contributed by atoms with E-state index in [-0.39, 0.29) is 0 Å². The molecule has 2 saturated heterocycles. The molecule has 3 heterocycles. The van der Waals surface area contributed by atoms with Crippen molar-refractivity contribution in [1.82, 2.24) is 14.9 Å². The summed E-state index contributed by atoms with van der Waals surface area (Å²) in [6.07, 6.45) is 5.64. The van der Waals surface area contributed by atoms with Crippen LogP contribution in [-0.2, 0) is 11.2 Å². The Hall–Kier alpha value is -1.20. The molecule has 0 aromatic carbocycles. The zero-order valence-corrected chi connectivity index (χ0v) is 14.9. The summed E-state index contributed by atoms with van der Waals surface area (Å²) in [5.74, 6) is 2.46. The minimum Gasteiger partial charge on any atom is -0.375 e. The van der Waals surface area contributed by atoms with E-state index in [1.165, 1.54) is 5.56 Å². The van der Waals surface area contributed by atoms with Gasteiger partial charge in [-0.2, -0.15) is 0 Å². The third kappa shape index (κ3) is 3.83. The molecule has 0 unspecified atom stereocenters. The van der Waals surface area contributed by atoms with Crippen LogP contribution in [0.2, 0.25) is 0 Å². The maximum absolute atomic E-state index is 6.04. The van der Waals surface area contributed by atoms with E-state index in [1.807, 2.05) is 13.1 Å². The number of hydrogen-bond donors (Lipinski definition) is 1. The van der Waals surface area contributed by atoms with Crippen molar-refractivity contribution in [2.45, 2.75) is 65.1 Å². The quantitative estimate of drug-likeness (QED) is 0.904. The molecule has 128 valence electrons. The van der Waals surface area contributed by atoms with Crippen LogP contribution in [0.5, 0.6) is 0 Å². The van der Waals surface area contributed by atoms with Crippen LogP contribution in [0.15, 0.2) is 6.20 Å². The predicted octanol–water partition coefficient (Wildman–Crippen LogP) is 2.65. The number of nitrogens with zero attached hydrogens (tertiary/aromatic N) is 3. The Morgan fingerprint density at radius 1 is 1.39 bits per heavy atom. The van der Waals surface area contributed by atoms with Crippen molar-refractivity contribution < 1.29 is 4.74 Å². The lowest BCUT2D eigenvalue weighted by molar-refractivity contribution is -0.0683. The van der Waals surface area contributed by atoms with Gasteiger partial charge < -0.3 is 10.1 Å². The van der Waals surface area contributed by atoms with Gasteiger partial charge in [0.15, 0.2) is 0 Å². The average molecular weight is 318 g/mol. The van der Waals surface area contributed by atoms with E-state index in [1.54, 1.807) is 0 Å². The summed E-state index contributed by atoms with van der Waals surface area (Å²) in [4.78, 5) is 11.6. The van der Waals surface area contributed by atoms with Gasteiger partial charge in [0.25, 0.3) is 0 Å². The number of ether oxygens (including phenoxy) is 1. The number of nitrogens with one attached hydrogen (secondary N) is 1. The summed E-state index contributed by atoms with van der Waals surface area (Å²) in [7, 11) is 0. The maximum Gasteiger partial charge on any atom is 0.133 e. The molecule has 0 radical (unpaired) electrons. The molecule has 5 heteroatoms. The first-order chi connectivity index (χ1) is 11.1. The summed E-state index contributed by atoms with van der Waals surface area (Å²) >= 11 is 0. The number of aryl methyl sites for hydroxylation is 2. The second-order valence-electron chi connectivity index (χ2n) is 7.34. The number of fused-ring (bicyclic) bond motifs is 1. The highest BCUT2D eigenvalue weighted by Crippen LogP contribution is 2.28. The van der Waals surface area contributed by atoms with Gasteiger partial charge in [-0.3, -0.25) is 4.90 Å². The van der Waals surface area contributed by atoms with E-state index in [9.17, 15) is 0 Å². The van der Waals surface area contributed by atoms with Crippen LogP contribution >= 0.6 is 0 Å². The first-order valence-electron chi connectivity index (χ1n) is 9.01. The fourth-order valence-corrected chi connectivity index (χ4v) is 3.67. The van der Waals surface area contributed by atoms with E-state index in [4.69, 9.17) is 4.74 Å². The first-order valence-corrected chi connectivity index (χ1v) is 9.01.